The van der Waals surface area contributed by atoms with Crippen LogP contribution in [-0.4, -0.2) is 5.78 Å². The summed E-state index contributed by atoms with van der Waals surface area (Å²) in [5.41, 5.74) is 0.0328. The van der Waals surface area contributed by atoms with Crippen LogP contribution in [0.3, 0.4) is 0 Å². The average Bonchev–Trinajstić information content (AvgIpc) is 2.04. The Bertz CT molecular complexity index is 193. The Hall–Kier alpha value is -0.330. The third kappa shape index (κ3) is 0.800. The second-order valence-electron chi connectivity index (χ2n) is 4.58. The average molecular weight is 152 g/mol. The zero-order valence-corrected chi connectivity index (χ0v) is 7.39. The van der Waals surface area contributed by atoms with Gasteiger partial charge in [-0.05, 0) is 18.8 Å². The molecule has 0 aromatic heterocycles. The van der Waals surface area contributed by atoms with Crippen molar-refractivity contribution in [3.05, 3.63) is 0 Å². The van der Waals surface area contributed by atoms with Crippen LogP contribution in [0.4, 0.5) is 0 Å². The second-order valence-corrected chi connectivity index (χ2v) is 4.58. The van der Waals surface area contributed by atoms with Gasteiger partial charge in [0.2, 0.25) is 0 Å². The lowest BCUT2D eigenvalue weighted by molar-refractivity contribution is -0.157. The molecular formula is C10H16O. The summed E-state index contributed by atoms with van der Waals surface area (Å²) in [5, 5.41) is 0. The van der Waals surface area contributed by atoms with Crippen LogP contribution in [-0.2, 0) is 4.79 Å². The number of ketones is 1. The molecule has 0 aromatic carbocycles. The molecule has 2 aliphatic carbocycles. The Labute approximate surface area is 68.2 Å². The normalized spacial score (nSPS) is 41.1. The number of fused-ring (bicyclic) bond motifs is 1. The van der Waals surface area contributed by atoms with E-state index in [9.17, 15) is 4.79 Å². The number of Topliss-reactive ketones (excluding diaryl/α,β-unsaturated/α-hetero) is 1. The summed E-state index contributed by atoms with van der Waals surface area (Å²) in [6.45, 7) is 4.23. The lowest BCUT2D eigenvalue weighted by atomic mass is 9.50. The molecule has 0 spiro atoms. The minimum Gasteiger partial charge on any atom is -0.299 e. The Morgan fingerprint density at radius 3 is 2.55 bits per heavy atom. The first-order chi connectivity index (χ1) is 5.14. The molecule has 1 nitrogen and oxygen atoms in total. The number of carbonyl (C=O) groups excluding carboxylic acids is 1. The second kappa shape index (κ2) is 2.09. The molecule has 0 aromatic rings. The molecule has 0 N–H and O–H groups in total. The minimum atomic E-state index is 0.0328. The molecule has 0 bridgehead atoms. The van der Waals surface area contributed by atoms with Crippen LogP contribution in [0.1, 0.15) is 39.5 Å². The highest BCUT2D eigenvalue weighted by molar-refractivity contribution is 5.93. The van der Waals surface area contributed by atoms with E-state index in [1.807, 2.05) is 0 Å². The molecule has 11 heavy (non-hydrogen) atoms. The van der Waals surface area contributed by atoms with Gasteiger partial charge in [-0.2, -0.15) is 0 Å². The summed E-state index contributed by atoms with van der Waals surface area (Å²) in [4.78, 5) is 11.5. The van der Waals surface area contributed by atoms with E-state index in [-0.39, 0.29) is 5.41 Å². The van der Waals surface area contributed by atoms with Gasteiger partial charge in [-0.1, -0.05) is 26.7 Å². The van der Waals surface area contributed by atoms with E-state index < -0.39 is 0 Å². The smallest absolute Gasteiger partial charge is 0.142 e. The standard InChI is InChI=1S/C10H16O/c1-10(2)8-6-4-3-5-7(8)9(10)11/h7-8H,3-6H2,1-2H3/t7-,8+/m0/s1. The van der Waals surface area contributed by atoms with Crippen molar-refractivity contribution in [1.82, 2.24) is 0 Å². The van der Waals surface area contributed by atoms with Crippen molar-refractivity contribution in [3.8, 4) is 0 Å². The highest BCUT2D eigenvalue weighted by Gasteiger charge is 2.55. The fourth-order valence-corrected chi connectivity index (χ4v) is 2.87. The molecule has 0 radical (unpaired) electrons. The maximum absolute atomic E-state index is 11.5. The summed E-state index contributed by atoms with van der Waals surface area (Å²) in [6, 6.07) is 0. The van der Waals surface area contributed by atoms with Gasteiger partial charge >= 0.3 is 0 Å². The topological polar surface area (TPSA) is 17.1 Å². The molecule has 0 aliphatic heterocycles. The molecule has 2 rings (SSSR count). The van der Waals surface area contributed by atoms with Crippen molar-refractivity contribution in [2.24, 2.45) is 17.3 Å². The molecule has 2 atom stereocenters. The monoisotopic (exact) mass is 152 g/mol. The largest absolute Gasteiger partial charge is 0.299 e. The van der Waals surface area contributed by atoms with E-state index in [0.717, 1.165) is 5.92 Å². The summed E-state index contributed by atoms with van der Waals surface area (Å²) < 4.78 is 0. The molecular weight excluding hydrogens is 136 g/mol. The van der Waals surface area contributed by atoms with Gasteiger partial charge in [-0.25, -0.2) is 0 Å². The van der Waals surface area contributed by atoms with Crippen LogP contribution in [0.5, 0.6) is 0 Å². The third-order valence-corrected chi connectivity index (χ3v) is 3.66. The van der Waals surface area contributed by atoms with Crippen molar-refractivity contribution in [1.29, 1.82) is 0 Å². The first kappa shape index (κ1) is 7.33. The van der Waals surface area contributed by atoms with Crippen LogP contribution in [0.15, 0.2) is 0 Å². The summed E-state index contributed by atoms with van der Waals surface area (Å²) in [7, 11) is 0. The Kier molecular flexibility index (Phi) is 1.39. The lowest BCUT2D eigenvalue weighted by Crippen LogP contribution is -2.55. The van der Waals surface area contributed by atoms with Crippen molar-refractivity contribution in [2.75, 3.05) is 0 Å². The number of hydrogen-bond donors (Lipinski definition) is 0. The highest BCUT2D eigenvalue weighted by atomic mass is 16.1. The van der Waals surface area contributed by atoms with Crippen LogP contribution >= 0.6 is 0 Å². The zero-order valence-electron chi connectivity index (χ0n) is 7.39. The predicted octanol–water partition coefficient (Wildman–Crippen LogP) is 2.40. The predicted molar refractivity (Wildman–Crippen MR) is 44.2 cm³/mol. The molecule has 2 aliphatic rings. The van der Waals surface area contributed by atoms with Crippen molar-refractivity contribution in [2.45, 2.75) is 39.5 Å². The number of rotatable bonds is 0. The van der Waals surface area contributed by atoms with Gasteiger partial charge < -0.3 is 0 Å². The molecule has 2 fully saturated rings. The van der Waals surface area contributed by atoms with E-state index in [1.54, 1.807) is 0 Å². The zero-order chi connectivity index (χ0) is 8.06. The van der Waals surface area contributed by atoms with Gasteiger partial charge in [-0.3, -0.25) is 4.79 Å². The maximum atomic E-state index is 11.5. The van der Waals surface area contributed by atoms with Crippen LogP contribution in [0.25, 0.3) is 0 Å². The quantitative estimate of drug-likeness (QED) is 0.521. The summed E-state index contributed by atoms with van der Waals surface area (Å²) >= 11 is 0. The molecule has 2 saturated carbocycles. The number of carbonyl (C=O) groups is 1. The van der Waals surface area contributed by atoms with Gasteiger partial charge in [0.05, 0.1) is 0 Å². The van der Waals surface area contributed by atoms with E-state index in [0.29, 0.717) is 11.7 Å². The van der Waals surface area contributed by atoms with Crippen molar-refractivity contribution in [3.63, 3.8) is 0 Å². The minimum absolute atomic E-state index is 0.0328. The third-order valence-electron chi connectivity index (χ3n) is 3.66. The molecule has 0 saturated heterocycles. The Balaban J connectivity index is 2.15. The van der Waals surface area contributed by atoms with Gasteiger partial charge in [-0.15, -0.1) is 0 Å². The van der Waals surface area contributed by atoms with Crippen LogP contribution < -0.4 is 0 Å². The number of hydrogen-bond acceptors (Lipinski definition) is 1. The molecule has 1 heteroatoms. The fraction of sp³-hybridized carbons (Fsp3) is 0.900. The molecule has 0 amide bonds. The van der Waals surface area contributed by atoms with E-state index in [4.69, 9.17) is 0 Å². The van der Waals surface area contributed by atoms with Crippen molar-refractivity contribution >= 4 is 5.78 Å². The fourth-order valence-electron chi connectivity index (χ4n) is 2.87. The van der Waals surface area contributed by atoms with Gasteiger partial charge in [0, 0.05) is 11.3 Å². The maximum Gasteiger partial charge on any atom is 0.142 e. The molecule has 62 valence electrons. The summed E-state index contributed by atoms with van der Waals surface area (Å²) in [5.74, 6) is 1.71. The molecule has 0 unspecified atom stereocenters. The van der Waals surface area contributed by atoms with E-state index >= 15 is 0 Å². The SMILES string of the molecule is CC1(C)C(=O)[C@H]2CCCC[C@H]21. The first-order valence-corrected chi connectivity index (χ1v) is 4.68. The Morgan fingerprint density at radius 1 is 1.27 bits per heavy atom. The summed E-state index contributed by atoms with van der Waals surface area (Å²) in [6.07, 6.45) is 5.09. The van der Waals surface area contributed by atoms with Gasteiger partial charge in [0.15, 0.2) is 0 Å². The van der Waals surface area contributed by atoms with Gasteiger partial charge in [0.25, 0.3) is 0 Å². The Morgan fingerprint density at radius 2 is 1.91 bits per heavy atom. The van der Waals surface area contributed by atoms with Crippen LogP contribution in [0.2, 0.25) is 0 Å². The highest BCUT2D eigenvalue weighted by Crippen LogP contribution is 2.53. The lowest BCUT2D eigenvalue weighted by Gasteiger charge is -2.52. The van der Waals surface area contributed by atoms with E-state index in [1.165, 1.54) is 25.7 Å². The van der Waals surface area contributed by atoms with Gasteiger partial charge in [0.1, 0.15) is 5.78 Å². The van der Waals surface area contributed by atoms with Crippen molar-refractivity contribution < 1.29 is 4.79 Å². The molecule has 0 heterocycles. The van der Waals surface area contributed by atoms with E-state index in [2.05, 4.69) is 13.8 Å². The first-order valence-electron chi connectivity index (χ1n) is 4.68. The van der Waals surface area contributed by atoms with Crippen LogP contribution in [0, 0.1) is 17.3 Å².